The second-order valence-corrected chi connectivity index (χ2v) is 19.9. The summed E-state index contributed by atoms with van der Waals surface area (Å²) in [7, 11) is 0. The minimum atomic E-state index is -0.627. The van der Waals surface area contributed by atoms with E-state index in [-0.39, 0.29) is 28.6 Å². The molecule has 2 aromatic heterocycles. The van der Waals surface area contributed by atoms with Crippen molar-refractivity contribution in [3.05, 3.63) is 167 Å². The Morgan fingerprint density at radius 3 is 1.83 bits per heavy atom. The summed E-state index contributed by atoms with van der Waals surface area (Å²) in [5.74, 6) is 3.42. The molecule has 0 saturated heterocycles. The van der Waals surface area contributed by atoms with Crippen LogP contribution in [0.25, 0.3) is 27.6 Å². The van der Waals surface area contributed by atoms with Gasteiger partial charge in [-0.1, -0.05) is 136 Å². The summed E-state index contributed by atoms with van der Waals surface area (Å²) >= 11 is 0. The second kappa shape index (κ2) is 15.1. The van der Waals surface area contributed by atoms with Crippen LogP contribution >= 0.6 is 0 Å². The van der Waals surface area contributed by atoms with E-state index in [0.29, 0.717) is 5.90 Å². The Labute approximate surface area is 357 Å². The molecule has 2 atom stereocenters. The summed E-state index contributed by atoms with van der Waals surface area (Å²) in [4.78, 5) is 10.6. The topological polar surface area (TPSA) is 48.6 Å². The van der Waals surface area contributed by atoms with Crippen molar-refractivity contribution in [2.45, 2.75) is 117 Å². The highest BCUT2D eigenvalue weighted by Gasteiger charge is 2.59. The summed E-state index contributed by atoms with van der Waals surface area (Å²) in [6.45, 7) is 27.0. The standard InChI is InChI=1S/C55H61N3O2/c1-35(2)39-29-40(51-57-54(11,55(12,60-51)36(3)4)50(37-19-15-13-16-20-37)38-21-17-14-18-22-38)31-44(30-39)59-43-24-25-45-46-32-41(52(5,6)7)23-26-47(46)58(48(45)34-43)49-33-42(27-28-56-49)53(8,9)10/h13-36,50H,1-12H3/t54-,55-/m1/s1. The van der Waals surface area contributed by atoms with Crippen LogP contribution in [-0.2, 0) is 15.6 Å². The van der Waals surface area contributed by atoms with Gasteiger partial charge in [-0.2, -0.15) is 0 Å². The average molecular weight is 796 g/mol. The molecule has 308 valence electrons. The van der Waals surface area contributed by atoms with Crippen molar-refractivity contribution in [1.29, 1.82) is 0 Å². The van der Waals surface area contributed by atoms with Crippen LogP contribution in [0.5, 0.6) is 11.5 Å². The number of benzene rings is 5. The van der Waals surface area contributed by atoms with Gasteiger partial charge in [0, 0.05) is 34.5 Å². The Bertz CT molecular complexity index is 2670. The third-order valence-corrected chi connectivity index (χ3v) is 13.1. The van der Waals surface area contributed by atoms with E-state index >= 15 is 0 Å². The lowest BCUT2D eigenvalue weighted by atomic mass is 9.64. The van der Waals surface area contributed by atoms with E-state index in [4.69, 9.17) is 19.5 Å². The zero-order valence-electron chi connectivity index (χ0n) is 37.6. The quantitative estimate of drug-likeness (QED) is 0.146. The Hall–Kier alpha value is -5.68. The smallest absolute Gasteiger partial charge is 0.217 e. The average Bonchev–Trinajstić information content (AvgIpc) is 3.69. The molecule has 0 aliphatic carbocycles. The van der Waals surface area contributed by atoms with Gasteiger partial charge in [0.2, 0.25) is 5.90 Å². The van der Waals surface area contributed by atoms with E-state index in [9.17, 15) is 0 Å². The van der Waals surface area contributed by atoms with Gasteiger partial charge in [-0.15, -0.1) is 0 Å². The fourth-order valence-corrected chi connectivity index (χ4v) is 9.02. The van der Waals surface area contributed by atoms with Crippen molar-refractivity contribution in [3.63, 3.8) is 0 Å². The van der Waals surface area contributed by atoms with Crippen LogP contribution < -0.4 is 4.74 Å². The molecule has 0 N–H and O–H groups in total. The maximum atomic E-state index is 7.18. The van der Waals surface area contributed by atoms with Crippen molar-refractivity contribution in [2.75, 3.05) is 0 Å². The maximum absolute atomic E-state index is 7.18. The van der Waals surface area contributed by atoms with E-state index in [2.05, 4.69) is 215 Å². The molecule has 0 fully saturated rings. The molecular formula is C55H61N3O2. The van der Waals surface area contributed by atoms with Crippen molar-refractivity contribution in [1.82, 2.24) is 9.55 Å². The molecule has 7 aromatic rings. The van der Waals surface area contributed by atoms with Gasteiger partial charge in [-0.3, -0.25) is 4.57 Å². The van der Waals surface area contributed by atoms with E-state index in [1.54, 1.807) is 0 Å². The summed E-state index contributed by atoms with van der Waals surface area (Å²) in [5.41, 5.74) is 7.95. The first-order chi connectivity index (χ1) is 28.4. The maximum Gasteiger partial charge on any atom is 0.217 e. The number of nitrogens with zero attached hydrogens (tertiary/aromatic N) is 3. The van der Waals surface area contributed by atoms with Crippen LogP contribution in [0.2, 0.25) is 0 Å². The van der Waals surface area contributed by atoms with Gasteiger partial charge in [0.05, 0.1) is 11.0 Å². The van der Waals surface area contributed by atoms with Crippen LogP contribution in [0.1, 0.15) is 128 Å². The Morgan fingerprint density at radius 2 is 1.23 bits per heavy atom. The molecule has 3 heterocycles. The summed E-state index contributed by atoms with van der Waals surface area (Å²) < 4.78 is 16.4. The highest BCUT2D eigenvalue weighted by Crippen LogP contribution is 2.52. The van der Waals surface area contributed by atoms with E-state index in [1.165, 1.54) is 27.6 Å². The van der Waals surface area contributed by atoms with Gasteiger partial charge in [0.25, 0.3) is 0 Å². The number of pyridine rings is 1. The molecule has 0 bridgehead atoms. The van der Waals surface area contributed by atoms with Crippen LogP contribution in [0.4, 0.5) is 0 Å². The molecule has 5 heteroatoms. The minimum Gasteiger partial charge on any atom is -0.468 e. The van der Waals surface area contributed by atoms with Crippen LogP contribution in [0.3, 0.4) is 0 Å². The lowest BCUT2D eigenvalue weighted by Crippen LogP contribution is -2.54. The molecule has 0 spiro atoms. The second-order valence-electron chi connectivity index (χ2n) is 19.9. The van der Waals surface area contributed by atoms with Crippen LogP contribution in [-0.4, -0.2) is 26.6 Å². The molecular weight excluding hydrogens is 735 g/mol. The van der Waals surface area contributed by atoms with Crippen molar-refractivity contribution < 1.29 is 9.47 Å². The predicted octanol–water partition coefficient (Wildman–Crippen LogP) is 14.5. The van der Waals surface area contributed by atoms with Crippen LogP contribution in [0, 0.1) is 5.92 Å². The Kier molecular flexibility index (Phi) is 10.3. The number of aliphatic imine (C=N–C) groups is 1. The van der Waals surface area contributed by atoms with Gasteiger partial charge in [-0.05, 0) is 119 Å². The van der Waals surface area contributed by atoms with Gasteiger partial charge in [0.15, 0.2) is 0 Å². The van der Waals surface area contributed by atoms with Gasteiger partial charge < -0.3 is 9.47 Å². The van der Waals surface area contributed by atoms with Crippen LogP contribution in [0.15, 0.2) is 139 Å². The number of aromatic nitrogens is 2. The molecule has 0 radical (unpaired) electrons. The van der Waals surface area contributed by atoms with Crippen molar-refractivity contribution in [3.8, 4) is 17.3 Å². The van der Waals surface area contributed by atoms with Gasteiger partial charge >= 0.3 is 0 Å². The highest BCUT2D eigenvalue weighted by molar-refractivity contribution is 6.10. The fraction of sp³-hybridized carbons (Fsp3) is 0.345. The lowest BCUT2D eigenvalue weighted by molar-refractivity contribution is -0.0158. The third-order valence-electron chi connectivity index (χ3n) is 13.1. The molecule has 60 heavy (non-hydrogen) atoms. The molecule has 0 saturated carbocycles. The van der Waals surface area contributed by atoms with Crippen molar-refractivity contribution in [2.24, 2.45) is 10.9 Å². The molecule has 1 aliphatic rings. The SMILES string of the molecule is CC(C)c1cc(Oc2ccc3c4cc(C(C)(C)C)ccc4n(-c4cc(C(C)(C)C)ccn4)c3c2)cc(C2=N[C@](C)(C(c3ccccc3)c3ccccc3)[C@@](C)(C(C)C)O2)c1. The summed E-state index contributed by atoms with van der Waals surface area (Å²) in [6, 6.07) is 45.7. The predicted molar refractivity (Wildman–Crippen MR) is 251 cm³/mol. The minimum absolute atomic E-state index is 0.0105. The van der Waals surface area contributed by atoms with E-state index in [1.807, 2.05) is 6.20 Å². The molecule has 8 rings (SSSR count). The van der Waals surface area contributed by atoms with Gasteiger partial charge in [0.1, 0.15) is 28.5 Å². The summed E-state index contributed by atoms with van der Waals surface area (Å²) in [6.07, 6.45) is 1.93. The van der Waals surface area contributed by atoms with E-state index < -0.39 is 11.1 Å². The first-order valence-corrected chi connectivity index (χ1v) is 21.6. The first kappa shape index (κ1) is 41.1. The lowest BCUT2D eigenvalue weighted by Gasteiger charge is -2.45. The highest BCUT2D eigenvalue weighted by atomic mass is 16.5. The number of ether oxygens (including phenoxy) is 2. The first-order valence-electron chi connectivity index (χ1n) is 21.6. The third kappa shape index (κ3) is 7.31. The fourth-order valence-electron chi connectivity index (χ4n) is 9.02. The number of fused-ring (bicyclic) bond motifs is 3. The number of rotatable bonds is 9. The zero-order chi connectivity index (χ0) is 42.8. The largest absolute Gasteiger partial charge is 0.468 e. The zero-order valence-corrected chi connectivity index (χ0v) is 37.6. The molecule has 5 nitrogen and oxygen atoms in total. The number of hydrogen-bond donors (Lipinski definition) is 0. The molecule has 0 amide bonds. The number of hydrogen-bond acceptors (Lipinski definition) is 4. The monoisotopic (exact) mass is 795 g/mol. The van der Waals surface area contributed by atoms with E-state index in [0.717, 1.165) is 44.9 Å². The Balaban J connectivity index is 1.26. The van der Waals surface area contributed by atoms with Crippen molar-refractivity contribution >= 4 is 27.7 Å². The van der Waals surface area contributed by atoms with Gasteiger partial charge in [-0.25, -0.2) is 9.98 Å². The Morgan fingerprint density at radius 1 is 0.600 bits per heavy atom. The summed E-state index contributed by atoms with van der Waals surface area (Å²) in [5, 5.41) is 2.36. The molecule has 1 aliphatic heterocycles. The molecule has 5 aromatic carbocycles. The normalized spacial score (nSPS) is 18.5. The molecule has 0 unspecified atom stereocenters.